The summed E-state index contributed by atoms with van der Waals surface area (Å²) in [6.45, 7) is 4.13. The number of para-hydroxylation sites is 1. The summed E-state index contributed by atoms with van der Waals surface area (Å²) in [5.74, 6) is 0.540. The number of nitrogens with zero attached hydrogens (tertiary/aromatic N) is 1. The highest BCUT2D eigenvalue weighted by atomic mass is 35.5. The van der Waals surface area contributed by atoms with Gasteiger partial charge < -0.3 is 15.2 Å². The number of rotatable bonds is 9. The van der Waals surface area contributed by atoms with Crippen molar-refractivity contribution in [3.05, 3.63) is 75.3 Å². The lowest BCUT2D eigenvalue weighted by atomic mass is 10.2. The number of nitrogens with one attached hydrogen (secondary N) is 3. The van der Waals surface area contributed by atoms with Crippen molar-refractivity contribution in [2.75, 3.05) is 13.1 Å². The SMILES string of the molecule is CCCC[NH+](CC(=O)NCc1ccccc1Cl)Cc1nc2ccccc2c(=O)[nH]1. The molecule has 3 N–H and O–H groups in total. The van der Waals surface area contributed by atoms with Crippen LogP contribution in [0.2, 0.25) is 5.02 Å². The van der Waals surface area contributed by atoms with Crippen molar-refractivity contribution in [3.8, 4) is 0 Å². The zero-order valence-electron chi connectivity index (χ0n) is 16.5. The van der Waals surface area contributed by atoms with Crippen molar-refractivity contribution in [1.29, 1.82) is 0 Å². The Kier molecular flexibility index (Phi) is 7.38. The molecular formula is C22H26ClN4O2+. The van der Waals surface area contributed by atoms with E-state index in [0.29, 0.717) is 41.4 Å². The molecule has 0 bridgehead atoms. The number of hydrogen-bond donors (Lipinski definition) is 3. The lowest BCUT2D eigenvalue weighted by Crippen LogP contribution is -3.12. The van der Waals surface area contributed by atoms with E-state index in [4.69, 9.17) is 11.6 Å². The maximum absolute atomic E-state index is 12.5. The molecule has 0 radical (unpaired) electrons. The Hall–Kier alpha value is -2.70. The topological polar surface area (TPSA) is 79.3 Å². The second-order valence-corrected chi connectivity index (χ2v) is 7.51. The average molecular weight is 414 g/mol. The Morgan fingerprint density at radius 2 is 1.93 bits per heavy atom. The third-order valence-corrected chi connectivity index (χ3v) is 5.18. The van der Waals surface area contributed by atoms with Crippen molar-refractivity contribution in [2.45, 2.75) is 32.9 Å². The zero-order chi connectivity index (χ0) is 20.6. The molecule has 0 aliphatic carbocycles. The maximum atomic E-state index is 12.5. The fourth-order valence-electron chi connectivity index (χ4n) is 3.25. The van der Waals surface area contributed by atoms with Crippen LogP contribution in [-0.4, -0.2) is 29.0 Å². The van der Waals surface area contributed by atoms with Crippen LogP contribution in [0.1, 0.15) is 31.2 Å². The predicted molar refractivity (Wildman–Crippen MR) is 115 cm³/mol. The largest absolute Gasteiger partial charge is 0.347 e. The van der Waals surface area contributed by atoms with E-state index in [1.54, 1.807) is 6.07 Å². The molecule has 1 aromatic heterocycles. The summed E-state index contributed by atoms with van der Waals surface area (Å²) in [5.41, 5.74) is 1.41. The van der Waals surface area contributed by atoms with Crippen molar-refractivity contribution in [1.82, 2.24) is 15.3 Å². The number of H-pyrrole nitrogens is 1. The first-order valence-corrected chi connectivity index (χ1v) is 10.3. The van der Waals surface area contributed by atoms with Crippen molar-refractivity contribution >= 4 is 28.4 Å². The summed E-state index contributed by atoms with van der Waals surface area (Å²) in [6, 6.07) is 14.7. The van der Waals surface area contributed by atoms with Crippen LogP contribution in [0.25, 0.3) is 10.9 Å². The Morgan fingerprint density at radius 3 is 2.72 bits per heavy atom. The molecule has 2 aromatic carbocycles. The molecule has 0 aliphatic heterocycles. The lowest BCUT2D eigenvalue weighted by Gasteiger charge is -2.18. The molecule has 7 heteroatoms. The normalized spacial score (nSPS) is 12.1. The van der Waals surface area contributed by atoms with Gasteiger partial charge in [0, 0.05) is 11.6 Å². The van der Waals surface area contributed by atoms with E-state index in [1.165, 1.54) is 0 Å². The number of carbonyl (C=O) groups excluding carboxylic acids is 1. The molecule has 3 aromatic rings. The number of benzene rings is 2. The van der Waals surface area contributed by atoms with E-state index < -0.39 is 0 Å². The minimum atomic E-state index is -0.149. The van der Waals surface area contributed by atoms with Crippen LogP contribution in [0.3, 0.4) is 0 Å². The summed E-state index contributed by atoms with van der Waals surface area (Å²) in [4.78, 5) is 33.3. The first kappa shape index (κ1) is 21.0. The van der Waals surface area contributed by atoms with Gasteiger partial charge in [0.1, 0.15) is 6.54 Å². The van der Waals surface area contributed by atoms with E-state index in [0.717, 1.165) is 29.8 Å². The van der Waals surface area contributed by atoms with Gasteiger partial charge in [0.2, 0.25) is 0 Å². The Labute approximate surface area is 174 Å². The number of quaternary nitrogens is 1. The van der Waals surface area contributed by atoms with E-state index in [9.17, 15) is 9.59 Å². The highest BCUT2D eigenvalue weighted by Crippen LogP contribution is 2.14. The van der Waals surface area contributed by atoms with Crippen LogP contribution >= 0.6 is 11.6 Å². The molecule has 152 valence electrons. The van der Waals surface area contributed by atoms with Gasteiger partial charge in [0.25, 0.3) is 11.5 Å². The molecule has 0 saturated heterocycles. The molecular weight excluding hydrogens is 388 g/mol. The van der Waals surface area contributed by atoms with Gasteiger partial charge in [-0.2, -0.15) is 0 Å². The summed E-state index contributed by atoms with van der Waals surface area (Å²) in [5, 5.41) is 4.15. The molecule has 0 fully saturated rings. The highest BCUT2D eigenvalue weighted by molar-refractivity contribution is 6.31. The summed E-state index contributed by atoms with van der Waals surface area (Å²) in [6.07, 6.45) is 2.03. The number of halogens is 1. The molecule has 0 spiro atoms. The Morgan fingerprint density at radius 1 is 1.17 bits per heavy atom. The molecule has 1 unspecified atom stereocenters. The van der Waals surface area contributed by atoms with Crippen LogP contribution in [0, 0.1) is 0 Å². The number of aromatic nitrogens is 2. The zero-order valence-corrected chi connectivity index (χ0v) is 17.3. The van der Waals surface area contributed by atoms with Gasteiger partial charge in [0.15, 0.2) is 12.4 Å². The van der Waals surface area contributed by atoms with Crippen LogP contribution < -0.4 is 15.8 Å². The van der Waals surface area contributed by atoms with E-state index in [-0.39, 0.29) is 11.5 Å². The smallest absolute Gasteiger partial charge is 0.275 e. The number of unbranched alkanes of at least 4 members (excludes halogenated alkanes) is 1. The van der Waals surface area contributed by atoms with Gasteiger partial charge in [-0.15, -0.1) is 0 Å². The van der Waals surface area contributed by atoms with Gasteiger partial charge in [-0.1, -0.05) is 55.3 Å². The minimum Gasteiger partial charge on any atom is -0.347 e. The molecule has 1 heterocycles. The monoisotopic (exact) mass is 413 g/mol. The summed E-state index contributed by atoms with van der Waals surface area (Å²) in [7, 11) is 0. The minimum absolute atomic E-state index is 0.0563. The predicted octanol–water partition coefficient (Wildman–Crippen LogP) is 2.08. The average Bonchev–Trinajstić information content (AvgIpc) is 2.71. The van der Waals surface area contributed by atoms with Crippen molar-refractivity contribution < 1.29 is 9.69 Å². The van der Waals surface area contributed by atoms with Gasteiger partial charge in [-0.25, -0.2) is 4.98 Å². The van der Waals surface area contributed by atoms with Crippen LogP contribution in [-0.2, 0) is 17.9 Å². The number of hydrogen-bond acceptors (Lipinski definition) is 3. The van der Waals surface area contributed by atoms with Crippen molar-refractivity contribution in [3.63, 3.8) is 0 Å². The molecule has 1 atom stereocenters. The van der Waals surface area contributed by atoms with Crippen molar-refractivity contribution in [2.24, 2.45) is 0 Å². The fraction of sp³-hybridized carbons (Fsp3) is 0.318. The number of fused-ring (bicyclic) bond motifs is 1. The van der Waals surface area contributed by atoms with E-state index in [2.05, 4.69) is 22.2 Å². The molecule has 3 rings (SSSR count). The van der Waals surface area contributed by atoms with Gasteiger partial charge in [-0.05, 0) is 30.2 Å². The third-order valence-electron chi connectivity index (χ3n) is 4.81. The maximum Gasteiger partial charge on any atom is 0.275 e. The number of amides is 1. The van der Waals surface area contributed by atoms with Crippen LogP contribution in [0.15, 0.2) is 53.3 Å². The fourth-order valence-corrected chi connectivity index (χ4v) is 3.45. The number of aromatic amines is 1. The second-order valence-electron chi connectivity index (χ2n) is 7.11. The second kappa shape index (κ2) is 10.2. The van der Waals surface area contributed by atoms with Gasteiger partial charge in [-0.3, -0.25) is 9.59 Å². The van der Waals surface area contributed by atoms with Gasteiger partial charge >= 0.3 is 0 Å². The van der Waals surface area contributed by atoms with Gasteiger partial charge in [0.05, 0.1) is 17.4 Å². The number of carbonyl (C=O) groups is 1. The van der Waals surface area contributed by atoms with Crippen LogP contribution in [0.5, 0.6) is 0 Å². The van der Waals surface area contributed by atoms with E-state index in [1.807, 2.05) is 42.5 Å². The molecule has 1 amide bonds. The summed E-state index contributed by atoms with van der Waals surface area (Å²) < 4.78 is 0. The molecule has 0 aliphatic rings. The third kappa shape index (κ3) is 5.89. The highest BCUT2D eigenvalue weighted by Gasteiger charge is 2.17. The molecule has 29 heavy (non-hydrogen) atoms. The quantitative estimate of drug-likeness (QED) is 0.502. The Balaban J connectivity index is 1.67. The first-order chi connectivity index (χ1) is 14.1. The Bertz CT molecular complexity index is 1030. The van der Waals surface area contributed by atoms with Crippen LogP contribution in [0.4, 0.5) is 0 Å². The lowest BCUT2D eigenvalue weighted by molar-refractivity contribution is -0.906. The summed E-state index contributed by atoms with van der Waals surface area (Å²) >= 11 is 6.15. The molecule has 6 nitrogen and oxygen atoms in total. The van der Waals surface area contributed by atoms with E-state index >= 15 is 0 Å². The molecule has 0 saturated carbocycles. The standard InChI is InChI=1S/C22H25ClN4O2/c1-2-3-12-27(15-21(28)24-13-16-8-4-6-10-18(16)23)14-20-25-19-11-7-5-9-17(19)22(29)26-20/h4-11H,2-3,12-15H2,1H3,(H,24,28)(H,25,26,29)/p+1. The first-order valence-electron chi connectivity index (χ1n) is 9.88.